The van der Waals surface area contributed by atoms with Gasteiger partial charge in [0.05, 0.1) is 18.3 Å². The van der Waals surface area contributed by atoms with Gasteiger partial charge in [0.1, 0.15) is 5.54 Å². The summed E-state index contributed by atoms with van der Waals surface area (Å²) in [5.74, 6) is -1.19. The van der Waals surface area contributed by atoms with Crippen LogP contribution in [0.15, 0.2) is 91.0 Å². The van der Waals surface area contributed by atoms with Crippen molar-refractivity contribution in [3.8, 4) is 11.5 Å². The molecule has 0 aromatic heterocycles. The molecule has 0 saturated heterocycles. The Hall–Kier alpha value is -4.86. The Morgan fingerprint density at radius 3 is 2.22 bits per heavy atom. The number of fused-ring (bicyclic) bond motifs is 1. The van der Waals surface area contributed by atoms with Crippen LogP contribution in [0.3, 0.4) is 0 Å². The minimum atomic E-state index is -1.36. The molecule has 1 saturated carbocycles. The van der Waals surface area contributed by atoms with Gasteiger partial charge in [-0.25, -0.2) is 9.59 Å². The van der Waals surface area contributed by atoms with E-state index in [9.17, 15) is 19.5 Å². The Morgan fingerprint density at radius 1 is 0.870 bits per heavy atom. The first kappa shape index (κ1) is 32.5. The molecule has 2 aliphatic rings. The van der Waals surface area contributed by atoms with Gasteiger partial charge in [0.15, 0.2) is 11.5 Å². The van der Waals surface area contributed by atoms with Crippen LogP contribution in [0, 0.1) is 6.92 Å². The van der Waals surface area contributed by atoms with E-state index in [1.54, 1.807) is 30.3 Å². The number of halogens is 1. The van der Waals surface area contributed by atoms with E-state index in [0.29, 0.717) is 28.7 Å². The van der Waals surface area contributed by atoms with Crippen LogP contribution in [0.1, 0.15) is 55.8 Å². The lowest BCUT2D eigenvalue weighted by atomic mass is 9.95. The third-order valence-corrected chi connectivity index (χ3v) is 8.00. The topological polar surface area (TPSA) is 131 Å². The summed E-state index contributed by atoms with van der Waals surface area (Å²) in [5.41, 5.74) is 3.46. The van der Waals surface area contributed by atoms with Crippen molar-refractivity contribution in [2.45, 2.75) is 50.7 Å². The van der Waals surface area contributed by atoms with Gasteiger partial charge < -0.3 is 19.9 Å². The second-order valence-electron chi connectivity index (χ2n) is 11.4. The van der Waals surface area contributed by atoms with E-state index in [2.05, 4.69) is 35.3 Å². The number of aliphatic carboxylic acids is 1. The average Bonchev–Trinajstić information content (AvgIpc) is 3.78. The summed E-state index contributed by atoms with van der Waals surface area (Å²) in [5, 5.41) is 21.2. The maximum Gasteiger partial charge on any atom is 0.372 e. The van der Waals surface area contributed by atoms with Gasteiger partial charge in [-0.1, -0.05) is 71.8 Å². The predicted molar refractivity (Wildman–Crippen MR) is 172 cm³/mol. The molecule has 0 radical (unpaired) electrons. The van der Waals surface area contributed by atoms with E-state index in [-0.39, 0.29) is 24.5 Å². The zero-order valence-electron chi connectivity index (χ0n) is 25.2. The Kier molecular flexibility index (Phi) is 10.2. The summed E-state index contributed by atoms with van der Waals surface area (Å²) < 4.78 is 12.1. The summed E-state index contributed by atoms with van der Waals surface area (Å²) in [6, 6.07) is 27.0. The highest BCUT2D eigenvalue weighted by Gasteiger charge is 2.45. The number of hydrogen-bond donors (Lipinski definition) is 3. The Balaban J connectivity index is 0.000000322. The fourth-order valence-electron chi connectivity index (χ4n) is 5.24. The molecule has 2 aliphatic carbocycles. The van der Waals surface area contributed by atoms with Crippen LogP contribution in [0.4, 0.5) is 0 Å². The predicted octanol–water partition coefficient (Wildman–Crippen LogP) is 6.48. The minimum Gasteiger partial charge on any atom is -0.489 e. The highest BCUT2D eigenvalue weighted by molar-refractivity contribution is 6.30. The van der Waals surface area contributed by atoms with Crippen LogP contribution in [-0.2, 0) is 28.9 Å². The number of nitrogens with one attached hydrogen (secondary N) is 1. The maximum atomic E-state index is 13.2. The van der Waals surface area contributed by atoms with Gasteiger partial charge in [0.2, 0.25) is 0 Å². The second kappa shape index (κ2) is 14.5. The molecular weight excluding hydrogens is 610 g/mol. The molecule has 46 heavy (non-hydrogen) atoms. The summed E-state index contributed by atoms with van der Waals surface area (Å²) in [7, 11) is 0. The van der Waals surface area contributed by atoms with Gasteiger partial charge in [-0.3, -0.25) is 9.68 Å². The number of hydrogen-bond acceptors (Lipinski definition) is 7. The normalized spacial score (nSPS) is 14.2. The standard InChI is InChI=1S/C29H29NO5.C7H5ClO3/c1-19-5-4-6-20(15-19)13-14-34-26-16-21(9-12-25(26)35-24-10-11-24)27(31)30-29(28(32)33)17-22-7-2-3-8-23(22)18-29;8-6-3-1-2-5(4-6)7(9)11-10/h2-9,12,15-16,24H,10-11,13-14,17-18H2,1H3,(H,30,31)(H,32,33);1-4,10H. The van der Waals surface area contributed by atoms with E-state index in [4.69, 9.17) is 26.3 Å². The highest BCUT2D eigenvalue weighted by Crippen LogP contribution is 2.35. The SMILES string of the molecule is Cc1cccc(CCOc2cc(C(=O)NC3(C(=O)O)Cc4ccccc4C3)ccc2OC2CC2)c1.O=C(OO)c1cccc(Cl)c1. The summed E-state index contributed by atoms with van der Waals surface area (Å²) in [6.45, 7) is 2.49. The molecule has 238 valence electrons. The van der Waals surface area contributed by atoms with Crippen LogP contribution >= 0.6 is 11.6 Å². The first-order chi connectivity index (χ1) is 22.2. The van der Waals surface area contributed by atoms with Gasteiger partial charge in [-0.2, -0.15) is 5.26 Å². The van der Waals surface area contributed by atoms with E-state index < -0.39 is 23.4 Å². The van der Waals surface area contributed by atoms with Crippen molar-refractivity contribution in [3.05, 3.63) is 129 Å². The number of ether oxygens (including phenoxy) is 2. The monoisotopic (exact) mass is 643 g/mol. The van der Waals surface area contributed by atoms with Crippen molar-refractivity contribution in [3.63, 3.8) is 0 Å². The first-order valence-corrected chi connectivity index (χ1v) is 15.3. The van der Waals surface area contributed by atoms with Crippen LogP contribution in [0.5, 0.6) is 11.5 Å². The van der Waals surface area contributed by atoms with Gasteiger partial charge in [0.25, 0.3) is 5.91 Å². The molecule has 9 nitrogen and oxygen atoms in total. The smallest absolute Gasteiger partial charge is 0.372 e. The van der Waals surface area contributed by atoms with Crippen molar-refractivity contribution in [1.29, 1.82) is 0 Å². The van der Waals surface area contributed by atoms with Gasteiger partial charge in [-0.15, -0.1) is 0 Å². The zero-order chi connectivity index (χ0) is 32.7. The Labute approximate surface area is 271 Å². The molecule has 0 heterocycles. The number of benzene rings is 4. The number of amides is 1. The van der Waals surface area contributed by atoms with E-state index in [0.717, 1.165) is 30.4 Å². The lowest BCUT2D eigenvalue weighted by Gasteiger charge is -2.25. The first-order valence-electron chi connectivity index (χ1n) is 14.9. The molecule has 0 unspecified atom stereocenters. The minimum absolute atomic E-state index is 0.182. The Morgan fingerprint density at radius 2 is 1.59 bits per heavy atom. The lowest BCUT2D eigenvalue weighted by molar-refractivity contribution is -0.182. The molecule has 0 atom stereocenters. The summed E-state index contributed by atoms with van der Waals surface area (Å²) >= 11 is 5.56. The maximum absolute atomic E-state index is 13.2. The fraction of sp³-hybridized carbons (Fsp3) is 0.250. The number of aryl methyl sites for hydroxylation is 1. The average molecular weight is 644 g/mol. The van der Waals surface area contributed by atoms with Gasteiger partial charge in [-0.05, 0) is 72.9 Å². The molecule has 10 heteroatoms. The second-order valence-corrected chi connectivity index (χ2v) is 11.9. The van der Waals surface area contributed by atoms with Gasteiger partial charge >= 0.3 is 11.9 Å². The number of rotatable bonds is 10. The molecule has 3 N–H and O–H groups in total. The molecular formula is C36H34ClNO8. The molecule has 4 aromatic rings. The van der Waals surface area contributed by atoms with Crippen LogP contribution in [0.25, 0.3) is 0 Å². The van der Waals surface area contributed by atoms with Crippen molar-refractivity contribution < 1.29 is 39.1 Å². The van der Waals surface area contributed by atoms with Crippen LogP contribution < -0.4 is 14.8 Å². The largest absolute Gasteiger partial charge is 0.489 e. The molecule has 0 aliphatic heterocycles. The van der Waals surface area contributed by atoms with Crippen molar-refractivity contribution >= 4 is 29.4 Å². The van der Waals surface area contributed by atoms with E-state index >= 15 is 0 Å². The number of carbonyl (C=O) groups is 3. The van der Waals surface area contributed by atoms with Crippen molar-refractivity contribution in [1.82, 2.24) is 5.32 Å². The van der Waals surface area contributed by atoms with Gasteiger partial charge in [0, 0.05) is 29.8 Å². The lowest BCUT2D eigenvalue weighted by Crippen LogP contribution is -2.55. The molecule has 0 spiro atoms. The highest BCUT2D eigenvalue weighted by atomic mass is 35.5. The number of carboxylic acids is 1. The van der Waals surface area contributed by atoms with E-state index in [1.807, 2.05) is 30.3 Å². The Bertz CT molecular complexity index is 1710. The molecule has 1 amide bonds. The number of carbonyl (C=O) groups excluding carboxylic acids is 2. The quantitative estimate of drug-likeness (QED) is 0.132. The molecule has 1 fully saturated rings. The van der Waals surface area contributed by atoms with Crippen molar-refractivity contribution in [2.75, 3.05) is 6.61 Å². The molecule has 4 aromatic carbocycles. The zero-order valence-corrected chi connectivity index (χ0v) is 26.0. The fourth-order valence-corrected chi connectivity index (χ4v) is 5.43. The van der Waals surface area contributed by atoms with Crippen LogP contribution in [-0.4, -0.2) is 46.5 Å². The molecule has 0 bridgehead atoms. The summed E-state index contributed by atoms with van der Waals surface area (Å²) in [4.78, 5) is 39.6. The third-order valence-electron chi connectivity index (χ3n) is 7.76. The van der Waals surface area contributed by atoms with E-state index in [1.165, 1.54) is 23.3 Å². The van der Waals surface area contributed by atoms with Crippen LogP contribution in [0.2, 0.25) is 5.02 Å². The number of carboxylic acid groups (broad SMARTS) is 1. The van der Waals surface area contributed by atoms with Crippen molar-refractivity contribution in [2.24, 2.45) is 0 Å². The molecule has 6 rings (SSSR count). The third kappa shape index (κ3) is 8.24. The summed E-state index contributed by atoms with van der Waals surface area (Å²) in [6.07, 6.45) is 3.43.